The maximum Gasteiger partial charge on any atom is 0.175 e. The highest BCUT2D eigenvalue weighted by molar-refractivity contribution is 7.98. The third-order valence-corrected chi connectivity index (χ3v) is 8.63. The lowest BCUT2D eigenvalue weighted by molar-refractivity contribution is 0.602. The number of hydrogen-bond donors (Lipinski definition) is 2. The molecule has 0 bridgehead atoms. The van der Waals surface area contributed by atoms with Crippen LogP contribution in [0.5, 0.6) is 0 Å². The molecule has 6 aromatic rings. The average molecular weight is 688 g/mol. The number of nitrogens with zero attached hydrogens (tertiary/aromatic N) is 4. The van der Waals surface area contributed by atoms with E-state index in [2.05, 4.69) is 49.0 Å². The summed E-state index contributed by atoms with van der Waals surface area (Å²) in [6.45, 7) is 0. The summed E-state index contributed by atoms with van der Waals surface area (Å²) in [5.41, 5.74) is 3.46. The molecule has 0 amide bonds. The summed E-state index contributed by atoms with van der Waals surface area (Å²) in [5, 5.41) is 7.10. The zero-order valence-corrected chi connectivity index (χ0v) is 27.9. The first kappa shape index (κ1) is 32.9. The molecule has 4 aromatic carbocycles. The Hall–Kier alpha value is -4.48. The van der Waals surface area contributed by atoms with Gasteiger partial charge in [-0.15, -0.1) is 11.8 Å². The monoisotopic (exact) mass is 686 g/mol. The normalized spacial score (nSPS) is 10.9. The van der Waals surface area contributed by atoms with E-state index >= 15 is 0 Å². The highest BCUT2D eigenvalue weighted by Crippen LogP contribution is 2.25. The van der Waals surface area contributed by atoms with Gasteiger partial charge < -0.3 is 10.6 Å². The Balaban J connectivity index is 0.000000182. The van der Waals surface area contributed by atoms with Gasteiger partial charge in [-0.25, -0.2) is 28.4 Å². The lowest BCUT2D eigenvalue weighted by Crippen LogP contribution is -1.99. The molecule has 0 aliphatic heterocycles. The fraction of sp³-hybridized carbons (Fsp3) is 0.0588. The molecule has 2 aromatic heterocycles. The molecule has 6 rings (SSSR count). The number of rotatable bonds is 8. The molecular weight excluding hydrogens is 659 g/mol. The summed E-state index contributed by atoms with van der Waals surface area (Å²) in [6, 6.07) is 37.2. The fourth-order valence-corrected chi connectivity index (χ4v) is 5.56. The van der Waals surface area contributed by atoms with E-state index in [1.54, 1.807) is 48.2 Å². The smallest absolute Gasteiger partial charge is 0.175 e. The molecule has 232 valence electrons. The van der Waals surface area contributed by atoms with Crippen molar-refractivity contribution in [2.75, 3.05) is 23.1 Å². The Morgan fingerprint density at radius 2 is 1.00 bits per heavy atom. The van der Waals surface area contributed by atoms with Crippen LogP contribution in [0, 0.1) is 0 Å². The first-order chi connectivity index (χ1) is 22.2. The summed E-state index contributed by atoms with van der Waals surface area (Å²) < 4.78 is 23.0. The van der Waals surface area contributed by atoms with Crippen LogP contribution in [-0.4, -0.2) is 40.9 Å². The van der Waals surface area contributed by atoms with Crippen LogP contribution in [0.15, 0.2) is 131 Å². The van der Waals surface area contributed by atoms with Crippen molar-refractivity contribution in [1.82, 2.24) is 19.9 Å². The quantitative estimate of drug-likeness (QED) is 0.120. The molecule has 46 heavy (non-hydrogen) atoms. The van der Waals surface area contributed by atoms with Gasteiger partial charge in [-0.1, -0.05) is 83.9 Å². The third kappa shape index (κ3) is 9.27. The van der Waals surface area contributed by atoms with E-state index in [-0.39, 0.29) is 4.90 Å². The van der Waals surface area contributed by atoms with Gasteiger partial charge in [-0.3, -0.25) is 0 Å². The lowest BCUT2D eigenvalue weighted by Gasteiger charge is -2.08. The van der Waals surface area contributed by atoms with Gasteiger partial charge in [0.1, 0.15) is 21.9 Å². The summed E-state index contributed by atoms with van der Waals surface area (Å²) in [5.74, 6) is 2.33. The van der Waals surface area contributed by atoms with Crippen molar-refractivity contribution in [2.24, 2.45) is 0 Å². The van der Waals surface area contributed by atoms with Crippen molar-refractivity contribution in [1.29, 1.82) is 0 Å². The van der Waals surface area contributed by atoms with Crippen molar-refractivity contribution in [3.63, 3.8) is 0 Å². The Labute approximate surface area is 282 Å². The molecule has 0 atom stereocenters. The largest absolute Gasteiger partial charge is 0.340 e. The summed E-state index contributed by atoms with van der Waals surface area (Å²) in [7, 11) is -3.22. The second kappa shape index (κ2) is 15.2. The second-order valence-corrected chi connectivity index (χ2v) is 13.5. The Morgan fingerprint density at radius 1 is 0.587 bits per heavy atom. The number of nitrogens with one attached hydrogen (secondary N) is 2. The van der Waals surface area contributed by atoms with Crippen molar-refractivity contribution >= 4 is 67.8 Å². The SMILES string of the molecule is CS(=O)(=O)c1ccc(Nc2cc(Cl)nc(-c3ccccc3)n2)cc1.CSc1ccc(Nc2cc(Cl)nc(-c3ccccc3)n2)cc1. The van der Waals surface area contributed by atoms with Crippen LogP contribution in [0.2, 0.25) is 10.3 Å². The zero-order valence-electron chi connectivity index (χ0n) is 24.7. The van der Waals surface area contributed by atoms with Crippen molar-refractivity contribution in [3.8, 4) is 22.8 Å². The summed E-state index contributed by atoms with van der Waals surface area (Å²) in [4.78, 5) is 19.0. The van der Waals surface area contributed by atoms with Crippen LogP contribution in [-0.2, 0) is 9.84 Å². The molecule has 0 saturated heterocycles. The van der Waals surface area contributed by atoms with Gasteiger partial charge >= 0.3 is 0 Å². The maximum atomic E-state index is 11.5. The van der Waals surface area contributed by atoms with Crippen LogP contribution in [0.4, 0.5) is 23.0 Å². The maximum absolute atomic E-state index is 11.5. The molecule has 2 heterocycles. The number of thioether (sulfide) groups is 1. The van der Waals surface area contributed by atoms with Crippen LogP contribution in [0.1, 0.15) is 0 Å². The zero-order chi connectivity index (χ0) is 32.5. The molecule has 0 aliphatic carbocycles. The van der Waals surface area contributed by atoms with Gasteiger partial charge in [0.05, 0.1) is 4.90 Å². The highest BCUT2D eigenvalue weighted by Gasteiger charge is 2.09. The van der Waals surface area contributed by atoms with E-state index in [9.17, 15) is 8.42 Å². The topological polar surface area (TPSA) is 110 Å². The number of halogens is 2. The van der Waals surface area contributed by atoms with E-state index in [4.69, 9.17) is 23.2 Å². The molecule has 0 fully saturated rings. The molecule has 0 saturated carbocycles. The lowest BCUT2D eigenvalue weighted by atomic mass is 10.2. The third-order valence-electron chi connectivity index (χ3n) is 6.37. The van der Waals surface area contributed by atoms with Gasteiger partial charge in [-0.2, -0.15) is 0 Å². The predicted octanol–water partition coefficient (Wildman–Crippen LogP) is 9.21. The number of aromatic nitrogens is 4. The van der Waals surface area contributed by atoms with Crippen LogP contribution >= 0.6 is 35.0 Å². The minimum atomic E-state index is -3.22. The summed E-state index contributed by atoms with van der Waals surface area (Å²) in [6.07, 6.45) is 3.23. The molecule has 12 heteroatoms. The second-order valence-electron chi connectivity index (χ2n) is 9.81. The molecule has 0 spiro atoms. The predicted molar refractivity (Wildman–Crippen MR) is 189 cm³/mol. The molecule has 2 N–H and O–H groups in total. The van der Waals surface area contributed by atoms with Crippen molar-refractivity contribution in [2.45, 2.75) is 9.79 Å². The standard InChI is InChI=1S/C17H14ClN3O2S.C17H14ClN3S/c1-24(22,23)14-9-7-13(8-10-14)19-16-11-15(18)20-17(21-16)12-5-3-2-4-6-12;1-22-14-9-7-13(8-10-14)19-16-11-15(18)20-17(21-16)12-5-3-2-4-6-12/h2-11H,1H3,(H,19,20,21);2-11H,1H3,(H,19,20,21). The Kier molecular flexibility index (Phi) is 10.9. The highest BCUT2D eigenvalue weighted by atomic mass is 35.5. The number of benzene rings is 4. The number of sulfone groups is 1. The van der Waals surface area contributed by atoms with Crippen LogP contribution in [0.25, 0.3) is 22.8 Å². The molecule has 8 nitrogen and oxygen atoms in total. The fourth-order valence-electron chi connectivity index (χ4n) is 4.15. The Morgan fingerprint density at radius 3 is 1.39 bits per heavy atom. The van der Waals surface area contributed by atoms with Gasteiger partial charge in [0, 0.05) is 45.8 Å². The minimum Gasteiger partial charge on any atom is -0.340 e. The van der Waals surface area contributed by atoms with Gasteiger partial charge in [0.2, 0.25) is 0 Å². The van der Waals surface area contributed by atoms with Crippen molar-refractivity contribution < 1.29 is 8.42 Å². The van der Waals surface area contributed by atoms with Gasteiger partial charge in [0.25, 0.3) is 0 Å². The van der Waals surface area contributed by atoms with Crippen LogP contribution in [0.3, 0.4) is 0 Å². The average Bonchev–Trinajstić information content (AvgIpc) is 3.05. The Bertz CT molecular complexity index is 2020. The first-order valence-corrected chi connectivity index (χ1v) is 17.7. The number of hydrogen-bond acceptors (Lipinski definition) is 9. The summed E-state index contributed by atoms with van der Waals surface area (Å²) >= 11 is 13.9. The molecular formula is C34H28Cl2N6O2S2. The van der Waals surface area contributed by atoms with Crippen molar-refractivity contribution in [3.05, 3.63) is 132 Å². The number of anilines is 4. The van der Waals surface area contributed by atoms with E-state index in [1.165, 1.54) is 11.2 Å². The van der Waals surface area contributed by atoms with Gasteiger partial charge in [-0.05, 0) is 54.8 Å². The first-order valence-electron chi connectivity index (χ1n) is 13.8. The molecule has 0 aliphatic rings. The van der Waals surface area contributed by atoms with E-state index in [0.29, 0.717) is 39.3 Å². The minimum absolute atomic E-state index is 0.263. The van der Waals surface area contributed by atoms with E-state index in [1.807, 2.05) is 72.8 Å². The molecule has 0 unspecified atom stereocenters. The molecule has 0 radical (unpaired) electrons. The van der Waals surface area contributed by atoms with Crippen LogP contribution < -0.4 is 10.6 Å². The van der Waals surface area contributed by atoms with Gasteiger partial charge in [0.15, 0.2) is 21.5 Å². The van der Waals surface area contributed by atoms with E-state index < -0.39 is 9.84 Å². The van der Waals surface area contributed by atoms with E-state index in [0.717, 1.165) is 16.8 Å².